The Hall–Kier alpha value is -2.74. The van der Waals surface area contributed by atoms with Gasteiger partial charge in [0.1, 0.15) is 6.33 Å². The number of nitriles is 1. The molecule has 23 heavy (non-hydrogen) atoms. The Morgan fingerprint density at radius 3 is 2.43 bits per heavy atom. The minimum atomic E-state index is 0.0623. The van der Waals surface area contributed by atoms with E-state index in [4.69, 9.17) is 5.26 Å². The number of anilines is 1. The number of carbonyl (C=O) groups excluding carboxylic acids is 1. The average molecular weight is 308 g/mol. The second-order valence-electron chi connectivity index (χ2n) is 5.80. The average Bonchev–Trinajstić information content (AvgIpc) is 2.58. The van der Waals surface area contributed by atoms with Crippen molar-refractivity contribution in [3.05, 3.63) is 54.1 Å². The summed E-state index contributed by atoms with van der Waals surface area (Å²) < 4.78 is 0. The first-order valence-corrected chi connectivity index (χ1v) is 7.64. The van der Waals surface area contributed by atoms with Crippen molar-refractivity contribution in [2.45, 2.75) is 26.7 Å². The molecule has 0 fully saturated rings. The summed E-state index contributed by atoms with van der Waals surface area (Å²) in [7, 11) is 0. The van der Waals surface area contributed by atoms with Crippen LogP contribution in [0.1, 0.15) is 31.4 Å². The van der Waals surface area contributed by atoms with Crippen LogP contribution >= 0.6 is 0 Å². The van der Waals surface area contributed by atoms with Crippen LogP contribution in [0.2, 0.25) is 0 Å². The van der Waals surface area contributed by atoms with E-state index in [-0.39, 0.29) is 5.91 Å². The fourth-order valence-corrected chi connectivity index (χ4v) is 2.28. The molecule has 2 aromatic rings. The van der Waals surface area contributed by atoms with Crippen molar-refractivity contribution in [2.75, 3.05) is 11.4 Å². The predicted octanol–water partition coefficient (Wildman–Crippen LogP) is 2.97. The van der Waals surface area contributed by atoms with Crippen molar-refractivity contribution < 1.29 is 4.79 Å². The first-order chi connectivity index (χ1) is 11.1. The van der Waals surface area contributed by atoms with E-state index in [1.807, 2.05) is 12.1 Å². The molecular formula is C18H20N4O. The summed E-state index contributed by atoms with van der Waals surface area (Å²) in [5, 5.41) is 8.89. The number of carbonyl (C=O) groups is 1. The monoisotopic (exact) mass is 308 g/mol. The van der Waals surface area contributed by atoms with Crippen LogP contribution in [0.3, 0.4) is 0 Å². The fourth-order valence-electron chi connectivity index (χ4n) is 2.28. The van der Waals surface area contributed by atoms with E-state index in [1.165, 1.54) is 6.33 Å². The highest BCUT2D eigenvalue weighted by Gasteiger charge is 2.17. The largest absolute Gasteiger partial charge is 0.312 e. The van der Waals surface area contributed by atoms with Crippen molar-refractivity contribution in [2.24, 2.45) is 5.92 Å². The number of hydrogen-bond donors (Lipinski definition) is 0. The SMILES string of the molecule is CC(C)CN(C(=O)CCc1cncnc1)c1ccc(C#N)cc1. The molecule has 0 radical (unpaired) electrons. The van der Waals surface area contributed by atoms with Gasteiger partial charge in [-0.25, -0.2) is 9.97 Å². The molecule has 0 N–H and O–H groups in total. The molecule has 0 saturated carbocycles. The van der Waals surface area contributed by atoms with Crippen LogP contribution < -0.4 is 4.90 Å². The Bertz CT molecular complexity index is 674. The van der Waals surface area contributed by atoms with Crippen LogP contribution in [0.5, 0.6) is 0 Å². The van der Waals surface area contributed by atoms with Gasteiger partial charge in [0.2, 0.25) is 5.91 Å². The first kappa shape index (κ1) is 16.6. The molecule has 1 aromatic carbocycles. The summed E-state index contributed by atoms with van der Waals surface area (Å²) in [6.07, 6.45) is 5.96. The predicted molar refractivity (Wildman–Crippen MR) is 88.7 cm³/mol. The second kappa shape index (κ2) is 8.04. The van der Waals surface area contributed by atoms with Crippen molar-refractivity contribution in [1.82, 2.24) is 9.97 Å². The molecule has 2 rings (SSSR count). The molecule has 0 spiro atoms. The van der Waals surface area contributed by atoms with Crippen LogP contribution in [0.4, 0.5) is 5.69 Å². The van der Waals surface area contributed by atoms with Gasteiger partial charge in [0.15, 0.2) is 0 Å². The van der Waals surface area contributed by atoms with Crippen LogP contribution in [-0.2, 0) is 11.2 Å². The summed E-state index contributed by atoms with van der Waals surface area (Å²) in [6.45, 7) is 4.81. The van der Waals surface area contributed by atoms with Crippen LogP contribution in [-0.4, -0.2) is 22.4 Å². The third-order valence-corrected chi connectivity index (χ3v) is 3.40. The zero-order valence-electron chi connectivity index (χ0n) is 13.4. The minimum Gasteiger partial charge on any atom is -0.312 e. The summed E-state index contributed by atoms with van der Waals surface area (Å²) >= 11 is 0. The first-order valence-electron chi connectivity index (χ1n) is 7.64. The van der Waals surface area contributed by atoms with E-state index in [0.717, 1.165) is 11.3 Å². The Kier molecular flexibility index (Phi) is 5.81. The molecule has 0 bridgehead atoms. The van der Waals surface area contributed by atoms with Gasteiger partial charge >= 0.3 is 0 Å². The van der Waals surface area contributed by atoms with Gasteiger partial charge in [-0.3, -0.25) is 4.79 Å². The van der Waals surface area contributed by atoms with Gasteiger partial charge in [-0.15, -0.1) is 0 Å². The van der Waals surface area contributed by atoms with E-state index >= 15 is 0 Å². The molecule has 0 unspecified atom stereocenters. The maximum atomic E-state index is 12.6. The lowest BCUT2D eigenvalue weighted by Gasteiger charge is -2.25. The zero-order valence-corrected chi connectivity index (χ0v) is 13.4. The number of rotatable bonds is 6. The van der Waals surface area contributed by atoms with Gasteiger partial charge in [-0.1, -0.05) is 13.8 Å². The molecule has 1 heterocycles. The van der Waals surface area contributed by atoms with Crippen molar-refractivity contribution in [3.8, 4) is 6.07 Å². The Morgan fingerprint density at radius 2 is 1.87 bits per heavy atom. The second-order valence-corrected chi connectivity index (χ2v) is 5.80. The Balaban J connectivity index is 2.10. The molecule has 0 aliphatic rings. The summed E-state index contributed by atoms with van der Waals surface area (Å²) in [5.74, 6) is 0.418. The van der Waals surface area contributed by atoms with Gasteiger partial charge in [0.25, 0.3) is 0 Å². The fraction of sp³-hybridized carbons (Fsp3) is 0.333. The zero-order chi connectivity index (χ0) is 16.7. The highest BCUT2D eigenvalue weighted by Crippen LogP contribution is 2.18. The molecule has 0 aliphatic heterocycles. The van der Waals surface area contributed by atoms with Crippen molar-refractivity contribution in [1.29, 1.82) is 5.26 Å². The number of aryl methyl sites for hydroxylation is 1. The maximum absolute atomic E-state index is 12.6. The van der Waals surface area contributed by atoms with Gasteiger partial charge < -0.3 is 4.90 Å². The van der Waals surface area contributed by atoms with Gasteiger partial charge in [-0.2, -0.15) is 5.26 Å². The summed E-state index contributed by atoms with van der Waals surface area (Å²) in [6, 6.07) is 9.21. The molecule has 118 valence electrons. The van der Waals surface area contributed by atoms with E-state index in [0.29, 0.717) is 30.9 Å². The molecule has 0 aliphatic carbocycles. The normalized spacial score (nSPS) is 10.3. The topological polar surface area (TPSA) is 69.9 Å². The summed E-state index contributed by atoms with van der Waals surface area (Å²) in [4.78, 5) is 22.3. The number of benzene rings is 1. The molecule has 5 heteroatoms. The number of hydrogen-bond acceptors (Lipinski definition) is 4. The van der Waals surface area contributed by atoms with Crippen molar-refractivity contribution in [3.63, 3.8) is 0 Å². The quantitative estimate of drug-likeness (QED) is 0.822. The maximum Gasteiger partial charge on any atom is 0.227 e. The number of aromatic nitrogens is 2. The molecule has 1 aromatic heterocycles. The minimum absolute atomic E-state index is 0.0623. The molecule has 0 saturated heterocycles. The molecule has 5 nitrogen and oxygen atoms in total. The Labute approximate surface area is 136 Å². The standard InChI is InChI=1S/C18H20N4O/c1-14(2)12-22(17-6-3-15(9-19)4-7-17)18(23)8-5-16-10-20-13-21-11-16/h3-4,6-7,10-11,13-14H,5,8,12H2,1-2H3. The molecular weight excluding hydrogens is 288 g/mol. The van der Waals surface area contributed by atoms with E-state index in [1.54, 1.807) is 29.4 Å². The van der Waals surface area contributed by atoms with Gasteiger partial charge in [0, 0.05) is 31.0 Å². The smallest absolute Gasteiger partial charge is 0.227 e. The lowest BCUT2D eigenvalue weighted by molar-refractivity contribution is -0.118. The van der Waals surface area contributed by atoms with Crippen molar-refractivity contribution >= 4 is 11.6 Å². The third kappa shape index (κ3) is 4.89. The third-order valence-electron chi connectivity index (χ3n) is 3.40. The summed E-state index contributed by atoms with van der Waals surface area (Å²) in [5.41, 5.74) is 2.37. The van der Waals surface area contributed by atoms with Gasteiger partial charge in [0.05, 0.1) is 11.6 Å². The van der Waals surface area contributed by atoms with Crippen LogP contribution in [0, 0.1) is 17.2 Å². The lowest BCUT2D eigenvalue weighted by Crippen LogP contribution is -2.34. The number of nitrogens with zero attached hydrogens (tertiary/aromatic N) is 4. The van der Waals surface area contributed by atoms with E-state index < -0.39 is 0 Å². The van der Waals surface area contributed by atoms with E-state index in [9.17, 15) is 4.79 Å². The number of amides is 1. The van der Waals surface area contributed by atoms with Crippen LogP contribution in [0.25, 0.3) is 0 Å². The highest BCUT2D eigenvalue weighted by atomic mass is 16.2. The Morgan fingerprint density at radius 1 is 1.22 bits per heavy atom. The highest BCUT2D eigenvalue weighted by molar-refractivity contribution is 5.93. The van der Waals surface area contributed by atoms with E-state index in [2.05, 4.69) is 29.9 Å². The molecule has 0 atom stereocenters. The molecule has 1 amide bonds. The lowest BCUT2D eigenvalue weighted by atomic mass is 10.1. The van der Waals surface area contributed by atoms with Crippen LogP contribution in [0.15, 0.2) is 43.0 Å². The van der Waals surface area contributed by atoms with Gasteiger partial charge in [-0.05, 0) is 42.2 Å².